The smallest absolute Gasteiger partial charge is 0.0441 e. The summed E-state index contributed by atoms with van der Waals surface area (Å²) >= 11 is 6.12. The molecule has 0 saturated carbocycles. The molecular formula is C11H14ClN. The van der Waals surface area contributed by atoms with Gasteiger partial charge in [-0.05, 0) is 48.9 Å². The molecule has 1 aromatic carbocycles. The fourth-order valence-corrected chi connectivity index (χ4v) is 2.43. The summed E-state index contributed by atoms with van der Waals surface area (Å²) in [5, 5.41) is 0.885. The SMILES string of the molecule is Cc1ccc(Cl)c2c1[C@@H](N)CCC2. The Kier molecular flexibility index (Phi) is 2.31. The second-order valence-corrected chi connectivity index (χ2v) is 4.16. The second kappa shape index (κ2) is 3.32. The van der Waals surface area contributed by atoms with E-state index in [0.29, 0.717) is 0 Å². The molecule has 13 heavy (non-hydrogen) atoms. The average molecular weight is 196 g/mol. The number of halogens is 1. The summed E-state index contributed by atoms with van der Waals surface area (Å²) < 4.78 is 0. The molecular weight excluding hydrogens is 182 g/mol. The standard InChI is InChI=1S/C11H14ClN/c1-7-5-6-9(12)8-3-2-4-10(13)11(7)8/h5-6,10H,2-4,13H2,1H3/t10-/m0/s1. The normalized spacial score (nSPS) is 21.3. The van der Waals surface area contributed by atoms with Crippen molar-refractivity contribution in [2.45, 2.75) is 32.2 Å². The van der Waals surface area contributed by atoms with Crippen LogP contribution in [0, 0.1) is 6.92 Å². The summed E-state index contributed by atoms with van der Waals surface area (Å²) in [5.74, 6) is 0. The molecule has 0 amide bonds. The van der Waals surface area contributed by atoms with Crippen molar-refractivity contribution in [1.82, 2.24) is 0 Å². The molecule has 0 saturated heterocycles. The van der Waals surface area contributed by atoms with Crippen LogP contribution in [0.5, 0.6) is 0 Å². The van der Waals surface area contributed by atoms with Crippen LogP contribution in [0.2, 0.25) is 5.02 Å². The van der Waals surface area contributed by atoms with Crippen LogP contribution in [0.15, 0.2) is 12.1 Å². The zero-order valence-corrected chi connectivity index (χ0v) is 8.56. The van der Waals surface area contributed by atoms with Crippen LogP contribution < -0.4 is 5.73 Å². The Morgan fingerprint density at radius 1 is 1.46 bits per heavy atom. The number of benzene rings is 1. The number of rotatable bonds is 0. The lowest BCUT2D eigenvalue weighted by Gasteiger charge is -2.25. The number of hydrogen-bond donors (Lipinski definition) is 1. The van der Waals surface area contributed by atoms with Crippen molar-refractivity contribution in [1.29, 1.82) is 0 Å². The van der Waals surface area contributed by atoms with Crippen molar-refractivity contribution in [2.24, 2.45) is 5.73 Å². The molecule has 0 unspecified atom stereocenters. The van der Waals surface area contributed by atoms with Crippen LogP contribution in [0.25, 0.3) is 0 Å². The molecule has 0 fully saturated rings. The highest BCUT2D eigenvalue weighted by Crippen LogP contribution is 2.34. The molecule has 1 aromatic rings. The predicted octanol–water partition coefficient (Wildman–Crippen LogP) is 2.98. The zero-order valence-electron chi connectivity index (χ0n) is 7.81. The molecule has 1 nitrogen and oxygen atoms in total. The van der Waals surface area contributed by atoms with Gasteiger partial charge >= 0.3 is 0 Å². The molecule has 70 valence electrons. The minimum Gasteiger partial charge on any atom is -0.324 e. The molecule has 2 N–H and O–H groups in total. The van der Waals surface area contributed by atoms with E-state index in [1.165, 1.54) is 16.7 Å². The highest BCUT2D eigenvalue weighted by molar-refractivity contribution is 6.31. The second-order valence-electron chi connectivity index (χ2n) is 3.76. The van der Waals surface area contributed by atoms with Gasteiger partial charge in [0.15, 0.2) is 0 Å². The van der Waals surface area contributed by atoms with Crippen LogP contribution in [-0.4, -0.2) is 0 Å². The summed E-state index contributed by atoms with van der Waals surface area (Å²) in [6.07, 6.45) is 3.34. The summed E-state index contributed by atoms with van der Waals surface area (Å²) in [5.41, 5.74) is 9.91. The first-order valence-electron chi connectivity index (χ1n) is 4.73. The first-order valence-corrected chi connectivity index (χ1v) is 5.11. The van der Waals surface area contributed by atoms with Gasteiger partial charge in [-0.2, -0.15) is 0 Å². The summed E-state index contributed by atoms with van der Waals surface area (Å²) in [6.45, 7) is 2.11. The Labute approximate surface area is 83.9 Å². The molecule has 0 radical (unpaired) electrons. The third-order valence-electron chi connectivity index (χ3n) is 2.83. The Morgan fingerprint density at radius 2 is 2.23 bits per heavy atom. The quantitative estimate of drug-likeness (QED) is 0.677. The number of fused-ring (bicyclic) bond motifs is 1. The van der Waals surface area contributed by atoms with Crippen LogP contribution in [0.1, 0.15) is 35.6 Å². The number of hydrogen-bond acceptors (Lipinski definition) is 1. The molecule has 2 rings (SSSR count). The van der Waals surface area contributed by atoms with Gasteiger partial charge in [-0.15, -0.1) is 0 Å². The molecule has 2 heteroatoms. The van der Waals surface area contributed by atoms with Crippen molar-refractivity contribution in [3.8, 4) is 0 Å². The van der Waals surface area contributed by atoms with Gasteiger partial charge in [-0.1, -0.05) is 17.7 Å². The Hall–Kier alpha value is -0.530. The van der Waals surface area contributed by atoms with E-state index in [0.717, 1.165) is 24.3 Å². The zero-order chi connectivity index (χ0) is 9.42. The Morgan fingerprint density at radius 3 is 2.92 bits per heavy atom. The lowest BCUT2D eigenvalue weighted by atomic mass is 9.85. The lowest BCUT2D eigenvalue weighted by Crippen LogP contribution is -2.19. The molecule has 1 atom stereocenters. The van der Waals surface area contributed by atoms with Gasteiger partial charge in [-0.3, -0.25) is 0 Å². The highest BCUT2D eigenvalue weighted by atomic mass is 35.5. The molecule has 0 bridgehead atoms. The van der Waals surface area contributed by atoms with Crippen LogP contribution in [0.3, 0.4) is 0 Å². The topological polar surface area (TPSA) is 26.0 Å². The fourth-order valence-electron chi connectivity index (χ4n) is 2.17. The molecule has 0 aromatic heterocycles. The van der Waals surface area contributed by atoms with Crippen molar-refractivity contribution in [3.05, 3.63) is 33.8 Å². The highest BCUT2D eigenvalue weighted by Gasteiger charge is 2.20. The van der Waals surface area contributed by atoms with Crippen LogP contribution in [-0.2, 0) is 6.42 Å². The van der Waals surface area contributed by atoms with E-state index >= 15 is 0 Å². The van der Waals surface area contributed by atoms with Crippen molar-refractivity contribution in [3.63, 3.8) is 0 Å². The first-order chi connectivity index (χ1) is 6.20. The van der Waals surface area contributed by atoms with Crippen molar-refractivity contribution < 1.29 is 0 Å². The van der Waals surface area contributed by atoms with Gasteiger partial charge in [0.05, 0.1) is 0 Å². The van der Waals surface area contributed by atoms with Gasteiger partial charge in [0.1, 0.15) is 0 Å². The lowest BCUT2D eigenvalue weighted by molar-refractivity contribution is 0.567. The average Bonchev–Trinajstić information content (AvgIpc) is 2.12. The van der Waals surface area contributed by atoms with E-state index in [9.17, 15) is 0 Å². The van der Waals surface area contributed by atoms with Gasteiger partial charge in [0, 0.05) is 11.1 Å². The third-order valence-corrected chi connectivity index (χ3v) is 3.18. The molecule has 0 spiro atoms. The minimum atomic E-state index is 0.197. The number of aryl methyl sites for hydroxylation is 1. The maximum absolute atomic E-state index is 6.12. The monoisotopic (exact) mass is 195 g/mol. The van der Waals surface area contributed by atoms with Gasteiger partial charge in [0.2, 0.25) is 0 Å². The van der Waals surface area contributed by atoms with E-state index in [1.54, 1.807) is 0 Å². The van der Waals surface area contributed by atoms with E-state index in [1.807, 2.05) is 6.07 Å². The van der Waals surface area contributed by atoms with E-state index in [4.69, 9.17) is 17.3 Å². The summed E-state index contributed by atoms with van der Waals surface area (Å²) in [4.78, 5) is 0. The largest absolute Gasteiger partial charge is 0.324 e. The summed E-state index contributed by atoms with van der Waals surface area (Å²) in [7, 11) is 0. The van der Waals surface area contributed by atoms with E-state index < -0.39 is 0 Å². The van der Waals surface area contributed by atoms with Crippen LogP contribution in [0.4, 0.5) is 0 Å². The van der Waals surface area contributed by atoms with Gasteiger partial charge < -0.3 is 5.73 Å². The number of nitrogens with two attached hydrogens (primary N) is 1. The Balaban J connectivity index is 2.60. The molecule has 0 heterocycles. The molecule has 1 aliphatic carbocycles. The third kappa shape index (κ3) is 1.47. The van der Waals surface area contributed by atoms with Gasteiger partial charge in [0.25, 0.3) is 0 Å². The van der Waals surface area contributed by atoms with Crippen molar-refractivity contribution in [2.75, 3.05) is 0 Å². The molecule has 1 aliphatic rings. The first kappa shape index (κ1) is 9.04. The van der Waals surface area contributed by atoms with Crippen LogP contribution >= 0.6 is 11.6 Å². The minimum absolute atomic E-state index is 0.197. The Bertz CT molecular complexity index is 333. The van der Waals surface area contributed by atoms with E-state index in [-0.39, 0.29) is 6.04 Å². The maximum Gasteiger partial charge on any atom is 0.0441 e. The van der Waals surface area contributed by atoms with Gasteiger partial charge in [-0.25, -0.2) is 0 Å². The van der Waals surface area contributed by atoms with E-state index in [2.05, 4.69) is 13.0 Å². The fraction of sp³-hybridized carbons (Fsp3) is 0.455. The summed E-state index contributed by atoms with van der Waals surface area (Å²) in [6, 6.07) is 4.24. The predicted molar refractivity (Wildman–Crippen MR) is 56.1 cm³/mol. The maximum atomic E-state index is 6.12. The van der Waals surface area contributed by atoms with Crippen molar-refractivity contribution >= 4 is 11.6 Å². The molecule has 0 aliphatic heterocycles.